The van der Waals surface area contributed by atoms with Crippen molar-refractivity contribution in [3.63, 3.8) is 0 Å². The van der Waals surface area contributed by atoms with E-state index < -0.39 is 24.5 Å². The molecule has 114 valence electrons. The number of hydrogen-bond donors (Lipinski definition) is 0. The number of halogens is 3. The van der Waals surface area contributed by atoms with Crippen molar-refractivity contribution in [2.24, 2.45) is 5.92 Å². The van der Waals surface area contributed by atoms with Crippen molar-refractivity contribution in [1.29, 1.82) is 0 Å². The maximum atomic E-state index is 12.4. The lowest BCUT2D eigenvalue weighted by atomic mass is 9.97. The van der Waals surface area contributed by atoms with Gasteiger partial charge in [-0.25, -0.2) is 0 Å². The average Bonchev–Trinajstić information content (AvgIpc) is 2.31. The van der Waals surface area contributed by atoms with E-state index in [2.05, 4.69) is 6.92 Å². The first-order valence-corrected chi connectivity index (χ1v) is 7.14. The van der Waals surface area contributed by atoms with Crippen LogP contribution in [0.1, 0.15) is 65.2 Å². The number of unbranched alkanes of at least 4 members (excludes halogenated alkanes) is 5. The van der Waals surface area contributed by atoms with E-state index in [1.807, 2.05) is 0 Å². The number of alkyl halides is 3. The van der Waals surface area contributed by atoms with Gasteiger partial charge in [0.1, 0.15) is 0 Å². The van der Waals surface area contributed by atoms with E-state index >= 15 is 0 Å². The molecule has 2 nitrogen and oxygen atoms in total. The molecule has 0 aliphatic rings. The third kappa shape index (κ3) is 10.8. The van der Waals surface area contributed by atoms with Crippen LogP contribution in [0.25, 0.3) is 0 Å². The molecule has 1 unspecified atom stereocenters. The van der Waals surface area contributed by atoms with Gasteiger partial charge in [0, 0.05) is 0 Å². The molecule has 0 rings (SSSR count). The van der Waals surface area contributed by atoms with Gasteiger partial charge in [-0.3, -0.25) is 4.79 Å². The molecule has 0 aromatic heterocycles. The van der Waals surface area contributed by atoms with Crippen molar-refractivity contribution in [2.75, 3.05) is 6.61 Å². The minimum atomic E-state index is -4.31. The van der Waals surface area contributed by atoms with Gasteiger partial charge in [0.25, 0.3) is 0 Å². The van der Waals surface area contributed by atoms with E-state index in [0.717, 1.165) is 32.1 Å². The van der Waals surface area contributed by atoms with Crippen LogP contribution in [0.15, 0.2) is 0 Å². The van der Waals surface area contributed by atoms with Crippen LogP contribution in [0.2, 0.25) is 0 Å². The summed E-state index contributed by atoms with van der Waals surface area (Å²) in [7, 11) is 0. The van der Waals surface area contributed by atoms with Crippen LogP contribution in [0.5, 0.6) is 0 Å². The molecule has 0 heterocycles. The second-order valence-electron chi connectivity index (χ2n) is 4.82. The molecule has 0 N–H and O–H groups in total. The number of esters is 1. The Labute approximate surface area is 113 Å². The highest BCUT2D eigenvalue weighted by Gasteiger charge is 2.35. The maximum absolute atomic E-state index is 12.4. The molecule has 1 atom stereocenters. The van der Waals surface area contributed by atoms with E-state index in [4.69, 9.17) is 4.74 Å². The molecule has 0 spiro atoms. The van der Waals surface area contributed by atoms with Gasteiger partial charge in [-0.2, -0.15) is 13.2 Å². The Morgan fingerprint density at radius 1 is 1.05 bits per heavy atom. The quantitative estimate of drug-likeness (QED) is 0.422. The normalized spacial score (nSPS) is 13.3. The van der Waals surface area contributed by atoms with Gasteiger partial charge in [0.2, 0.25) is 0 Å². The third-order valence-corrected chi connectivity index (χ3v) is 3.00. The standard InChI is InChI=1S/C14H25F3O2/c1-3-5-6-7-8-9-10-12(11-14(15,16)17)13(18)19-4-2/h12H,3-11H2,1-2H3. The highest BCUT2D eigenvalue weighted by molar-refractivity contribution is 5.72. The topological polar surface area (TPSA) is 26.3 Å². The predicted octanol–water partition coefficient (Wildman–Crippen LogP) is 4.87. The molecule has 19 heavy (non-hydrogen) atoms. The highest BCUT2D eigenvalue weighted by Crippen LogP contribution is 2.28. The van der Waals surface area contributed by atoms with Gasteiger partial charge < -0.3 is 4.74 Å². The second kappa shape index (κ2) is 10.1. The minimum Gasteiger partial charge on any atom is -0.466 e. The lowest BCUT2D eigenvalue weighted by Crippen LogP contribution is -2.24. The van der Waals surface area contributed by atoms with Crippen LogP contribution in [-0.2, 0) is 9.53 Å². The van der Waals surface area contributed by atoms with Crippen LogP contribution in [0.4, 0.5) is 13.2 Å². The van der Waals surface area contributed by atoms with Crippen LogP contribution in [-0.4, -0.2) is 18.8 Å². The monoisotopic (exact) mass is 282 g/mol. The number of ether oxygens (including phenoxy) is 1. The Hall–Kier alpha value is -0.740. The lowest BCUT2D eigenvalue weighted by Gasteiger charge is -2.17. The van der Waals surface area contributed by atoms with E-state index in [1.165, 1.54) is 0 Å². The summed E-state index contributed by atoms with van der Waals surface area (Å²) in [6.07, 6.45) is 0.862. The summed E-state index contributed by atoms with van der Waals surface area (Å²) in [5, 5.41) is 0. The van der Waals surface area contributed by atoms with Gasteiger partial charge >= 0.3 is 12.1 Å². The first-order valence-electron chi connectivity index (χ1n) is 7.14. The van der Waals surface area contributed by atoms with E-state index in [9.17, 15) is 18.0 Å². The molecule has 0 radical (unpaired) electrons. The van der Waals surface area contributed by atoms with Crippen molar-refractivity contribution in [3.05, 3.63) is 0 Å². The number of hydrogen-bond acceptors (Lipinski definition) is 2. The predicted molar refractivity (Wildman–Crippen MR) is 68.8 cm³/mol. The van der Waals surface area contributed by atoms with Gasteiger partial charge in [0.15, 0.2) is 0 Å². The SMILES string of the molecule is CCCCCCCCC(CC(F)(F)F)C(=O)OCC. The van der Waals surface area contributed by atoms with Crippen molar-refractivity contribution in [2.45, 2.75) is 71.4 Å². The van der Waals surface area contributed by atoms with Crippen molar-refractivity contribution in [3.8, 4) is 0 Å². The fourth-order valence-electron chi connectivity index (χ4n) is 2.01. The van der Waals surface area contributed by atoms with E-state index in [0.29, 0.717) is 6.42 Å². The number of carbonyl (C=O) groups excluding carboxylic acids is 1. The Morgan fingerprint density at radius 3 is 2.16 bits per heavy atom. The van der Waals surface area contributed by atoms with Crippen molar-refractivity contribution in [1.82, 2.24) is 0 Å². The molecule has 5 heteroatoms. The molecule has 0 aromatic rings. The number of rotatable bonds is 10. The van der Waals surface area contributed by atoms with Gasteiger partial charge in [-0.15, -0.1) is 0 Å². The maximum Gasteiger partial charge on any atom is 0.389 e. The Balaban J connectivity index is 4.02. The number of carbonyl (C=O) groups is 1. The highest BCUT2D eigenvalue weighted by atomic mass is 19.4. The molecule has 0 bridgehead atoms. The van der Waals surface area contributed by atoms with Gasteiger partial charge in [-0.1, -0.05) is 45.4 Å². The summed E-state index contributed by atoms with van der Waals surface area (Å²) in [5.41, 5.74) is 0. The molecule has 0 amide bonds. The molecule has 0 aliphatic carbocycles. The van der Waals surface area contributed by atoms with Crippen molar-refractivity contribution < 1.29 is 22.7 Å². The molecular weight excluding hydrogens is 257 g/mol. The summed E-state index contributed by atoms with van der Waals surface area (Å²) >= 11 is 0. The zero-order chi connectivity index (χ0) is 14.7. The van der Waals surface area contributed by atoms with Crippen LogP contribution in [0, 0.1) is 5.92 Å². The minimum absolute atomic E-state index is 0.129. The largest absolute Gasteiger partial charge is 0.466 e. The summed E-state index contributed by atoms with van der Waals surface area (Å²) in [6.45, 7) is 3.84. The van der Waals surface area contributed by atoms with Crippen LogP contribution in [0.3, 0.4) is 0 Å². The van der Waals surface area contributed by atoms with Crippen molar-refractivity contribution >= 4 is 5.97 Å². The Bertz CT molecular complexity index is 239. The van der Waals surface area contributed by atoms with Crippen LogP contribution >= 0.6 is 0 Å². The Morgan fingerprint density at radius 2 is 1.63 bits per heavy atom. The first kappa shape index (κ1) is 18.3. The fourth-order valence-corrected chi connectivity index (χ4v) is 2.01. The Kier molecular flexibility index (Phi) is 9.70. The summed E-state index contributed by atoms with van der Waals surface area (Å²) in [4.78, 5) is 11.5. The molecule has 0 aromatic carbocycles. The van der Waals surface area contributed by atoms with Gasteiger partial charge in [-0.05, 0) is 13.3 Å². The van der Waals surface area contributed by atoms with E-state index in [-0.39, 0.29) is 13.0 Å². The molecule has 0 saturated heterocycles. The molecule has 0 saturated carbocycles. The molecular formula is C14H25F3O2. The summed E-state index contributed by atoms with van der Waals surface area (Å²) in [6, 6.07) is 0. The zero-order valence-corrected chi connectivity index (χ0v) is 11.9. The average molecular weight is 282 g/mol. The van der Waals surface area contributed by atoms with Crippen LogP contribution < -0.4 is 0 Å². The fraction of sp³-hybridized carbons (Fsp3) is 0.929. The first-order chi connectivity index (χ1) is 8.90. The second-order valence-corrected chi connectivity index (χ2v) is 4.82. The third-order valence-electron chi connectivity index (χ3n) is 3.00. The summed E-state index contributed by atoms with van der Waals surface area (Å²) in [5.74, 6) is -1.75. The zero-order valence-electron chi connectivity index (χ0n) is 11.9. The smallest absolute Gasteiger partial charge is 0.389 e. The molecule has 0 aliphatic heterocycles. The molecule has 0 fully saturated rings. The van der Waals surface area contributed by atoms with E-state index in [1.54, 1.807) is 6.92 Å². The lowest BCUT2D eigenvalue weighted by molar-refractivity contribution is -0.168. The summed E-state index contributed by atoms with van der Waals surface area (Å²) < 4.78 is 41.8. The van der Waals surface area contributed by atoms with Gasteiger partial charge in [0.05, 0.1) is 18.9 Å².